The highest BCUT2D eigenvalue weighted by Crippen LogP contribution is 2.08. The summed E-state index contributed by atoms with van der Waals surface area (Å²) in [5.41, 5.74) is 2.35. The second kappa shape index (κ2) is 3.14. The Kier molecular flexibility index (Phi) is 1.96. The van der Waals surface area contributed by atoms with Crippen LogP contribution in [0.15, 0.2) is 24.5 Å². The third-order valence-corrected chi connectivity index (χ3v) is 2.11. The summed E-state index contributed by atoms with van der Waals surface area (Å²) in [6.07, 6.45) is 3.49. The monoisotopic (exact) mass is 190 g/mol. The van der Waals surface area contributed by atoms with Crippen LogP contribution in [0.3, 0.4) is 0 Å². The van der Waals surface area contributed by atoms with Crippen molar-refractivity contribution in [1.29, 1.82) is 0 Å². The number of ether oxygens (including phenoxy) is 1. The molecule has 0 aliphatic heterocycles. The molecule has 0 saturated carbocycles. The smallest absolute Gasteiger partial charge is 0.339 e. The number of fused-ring (bicyclic) bond motifs is 1. The lowest BCUT2D eigenvalue weighted by molar-refractivity contribution is 0.0600. The van der Waals surface area contributed by atoms with E-state index in [9.17, 15) is 4.79 Å². The minimum absolute atomic E-state index is 0.333. The molecule has 0 spiro atoms. The number of nitrogens with zero attached hydrogens (tertiary/aromatic N) is 2. The zero-order valence-electron chi connectivity index (χ0n) is 8.02. The van der Waals surface area contributed by atoms with Crippen LogP contribution in [0.5, 0.6) is 0 Å². The number of rotatable bonds is 1. The van der Waals surface area contributed by atoms with Gasteiger partial charge in [-0.3, -0.25) is 0 Å². The Morgan fingerprint density at radius 2 is 2.29 bits per heavy atom. The number of hydrogen-bond acceptors (Lipinski definition) is 3. The van der Waals surface area contributed by atoms with Crippen LogP contribution < -0.4 is 0 Å². The van der Waals surface area contributed by atoms with E-state index in [0.29, 0.717) is 5.56 Å². The average molecular weight is 190 g/mol. The number of imidazole rings is 1. The van der Waals surface area contributed by atoms with Crippen LogP contribution in [0, 0.1) is 6.92 Å². The minimum atomic E-state index is -0.333. The van der Waals surface area contributed by atoms with Crippen molar-refractivity contribution < 1.29 is 9.53 Å². The summed E-state index contributed by atoms with van der Waals surface area (Å²) in [6.45, 7) is 1.93. The molecule has 0 radical (unpaired) electrons. The number of methoxy groups -OCH3 is 1. The zero-order valence-corrected chi connectivity index (χ0v) is 8.02. The molecule has 0 amide bonds. The van der Waals surface area contributed by atoms with Crippen LogP contribution in [0.4, 0.5) is 0 Å². The maximum atomic E-state index is 11.2. The van der Waals surface area contributed by atoms with E-state index in [1.54, 1.807) is 24.5 Å². The van der Waals surface area contributed by atoms with Gasteiger partial charge in [-0.25, -0.2) is 9.78 Å². The quantitative estimate of drug-likeness (QED) is 0.639. The lowest BCUT2D eigenvalue weighted by Gasteiger charge is -2.00. The Hall–Kier alpha value is -1.84. The highest BCUT2D eigenvalue weighted by molar-refractivity contribution is 5.89. The van der Waals surface area contributed by atoms with Crippen molar-refractivity contribution in [1.82, 2.24) is 9.38 Å². The van der Waals surface area contributed by atoms with E-state index in [4.69, 9.17) is 0 Å². The van der Waals surface area contributed by atoms with Crippen molar-refractivity contribution in [3.8, 4) is 0 Å². The molecule has 0 aliphatic carbocycles. The molecule has 2 heterocycles. The van der Waals surface area contributed by atoms with Crippen molar-refractivity contribution >= 4 is 11.6 Å². The van der Waals surface area contributed by atoms with Crippen molar-refractivity contribution in [3.63, 3.8) is 0 Å². The molecule has 0 bridgehead atoms. The van der Waals surface area contributed by atoms with Gasteiger partial charge >= 0.3 is 5.97 Å². The second-order valence-corrected chi connectivity index (χ2v) is 3.04. The van der Waals surface area contributed by atoms with Gasteiger partial charge in [0.2, 0.25) is 0 Å². The van der Waals surface area contributed by atoms with Crippen LogP contribution >= 0.6 is 0 Å². The molecule has 72 valence electrons. The number of aryl methyl sites for hydroxylation is 1. The van der Waals surface area contributed by atoms with Gasteiger partial charge in [0.25, 0.3) is 0 Å². The molecule has 0 unspecified atom stereocenters. The molecule has 0 N–H and O–H groups in total. The largest absolute Gasteiger partial charge is 0.465 e. The summed E-state index contributed by atoms with van der Waals surface area (Å²) >= 11 is 0. The molecular weight excluding hydrogens is 180 g/mol. The van der Waals surface area contributed by atoms with Gasteiger partial charge in [0.15, 0.2) is 0 Å². The molecule has 4 nitrogen and oxygen atoms in total. The van der Waals surface area contributed by atoms with Crippen molar-refractivity contribution in [3.05, 3.63) is 35.8 Å². The number of aromatic nitrogens is 2. The van der Waals surface area contributed by atoms with Gasteiger partial charge in [-0.05, 0) is 19.1 Å². The van der Waals surface area contributed by atoms with Gasteiger partial charge in [0.1, 0.15) is 5.65 Å². The predicted molar refractivity (Wildman–Crippen MR) is 51.3 cm³/mol. The molecular formula is C10H10N2O2. The molecule has 0 aliphatic rings. The van der Waals surface area contributed by atoms with E-state index in [2.05, 4.69) is 9.72 Å². The first-order valence-electron chi connectivity index (χ1n) is 4.24. The standard InChI is InChI=1S/C10H10N2O2/c1-7-5-11-9-4-3-8(6-12(7)9)10(13)14-2/h3-6H,1-2H3. The van der Waals surface area contributed by atoms with Crippen LogP contribution in [-0.2, 0) is 4.74 Å². The molecule has 0 atom stereocenters. The van der Waals surface area contributed by atoms with Crippen molar-refractivity contribution in [2.24, 2.45) is 0 Å². The van der Waals surface area contributed by atoms with E-state index < -0.39 is 0 Å². The number of carbonyl (C=O) groups is 1. The van der Waals surface area contributed by atoms with Crippen LogP contribution in [0.1, 0.15) is 16.1 Å². The van der Waals surface area contributed by atoms with E-state index >= 15 is 0 Å². The third-order valence-electron chi connectivity index (χ3n) is 2.11. The Bertz CT molecular complexity index is 488. The Morgan fingerprint density at radius 3 is 3.00 bits per heavy atom. The summed E-state index contributed by atoms with van der Waals surface area (Å²) in [5.74, 6) is -0.333. The van der Waals surface area contributed by atoms with Gasteiger partial charge in [-0.1, -0.05) is 0 Å². The number of pyridine rings is 1. The second-order valence-electron chi connectivity index (χ2n) is 3.04. The maximum absolute atomic E-state index is 11.2. The SMILES string of the molecule is COC(=O)c1ccc2ncc(C)n2c1. The van der Waals surface area contributed by atoms with Gasteiger partial charge in [0.05, 0.1) is 12.7 Å². The summed E-state index contributed by atoms with van der Waals surface area (Å²) in [7, 11) is 1.37. The molecule has 14 heavy (non-hydrogen) atoms. The maximum Gasteiger partial charge on any atom is 0.339 e. The molecule has 2 aromatic rings. The third kappa shape index (κ3) is 1.25. The van der Waals surface area contributed by atoms with Gasteiger partial charge < -0.3 is 9.14 Å². The fraction of sp³-hybridized carbons (Fsp3) is 0.200. The number of hydrogen-bond donors (Lipinski definition) is 0. The van der Waals surface area contributed by atoms with Crippen LogP contribution in [0.25, 0.3) is 5.65 Å². The topological polar surface area (TPSA) is 43.6 Å². The Balaban J connectivity index is 2.60. The molecule has 0 saturated heterocycles. The average Bonchev–Trinajstić information content (AvgIpc) is 2.59. The van der Waals surface area contributed by atoms with E-state index in [1.807, 2.05) is 11.3 Å². The number of carbonyl (C=O) groups excluding carboxylic acids is 1. The molecule has 0 fully saturated rings. The Labute approximate surface area is 81.1 Å². The summed E-state index contributed by atoms with van der Waals surface area (Å²) in [6, 6.07) is 3.49. The molecule has 2 aromatic heterocycles. The lowest BCUT2D eigenvalue weighted by Crippen LogP contribution is -2.03. The molecule has 4 heteroatoms. The highest BCUT2D eigenvalue weighted by atomic mass is 16.5. The van der Waals surface area contributed by atoms with Gasteiger partial charge in [-0.15, -0.1) is 0 Å². The predicted octanol–water partition coefficient (Wildman–Crippen LogP) is 1.43. The number of esters is 1. The first-order chi connectivity index (χ1) is 6.72. The van der Waals surface area contributed by atoms with E-state index in [-0.39, 0.29) is 5.97 Å². The fourth-order valence-corrected chi connectivity index (χ4v) is 1.34. The highest BCUT2D eigenvalue weighted by Gasteiger charge is 2.06. The zero-order chi connectivity index (χ0) is 10.1. The van der Waals surface area contributed by atoms with Gasteiger partial charge in [-0.2, -0.15) is 0 Å². The summed E-state index contributed by atoms with van der Waals surface area (Å²) < 4.78 is 6.48. The normalized spacial score (nSPS) is 10.4. The fourth-order valence-electron chi connectivity index (χ4n) is 1.34. The first-order valence-corrected chi connectivity index (χ1v) is 4.24. The molecule has 0 aromatic carbocycles. The van der Waals surface area contributed by atoms with Crippen LogP contribution in [-0.4, -0.2) is 22.5 Å². The van der Waals surface area contributed by atoms with E-state index in [0.717, 1.165) is 11.3 Å². The summed E-state index contributed by atoms with van der Waals surface area (Å²) in [4.78, 5) is 15.4. The van der Waals surface area contributed by atoms with Crippen molar-refractivity contribution in [2.45, 2.75) is 6.92 Å². The van der Waals surface area contributed by atoms with Crippen LogP contribution in [0.2, 0.25) is 0 Å². The van der Waals surface area contributed by atoms with Gasteiger partial charge in [0, 0.05) is 18.1 Å². The van der Waals surface area contributed by atoms with Crippen molar-refractivity contribution in [2.75, 3.05) is 7.11 Å². The Morgan fingerprint density at radius 1 is 1.50 bits per heavy atom. The van der Waals surface area contributed by atoms with E-state index in [1.165, 1.54) is 7.11 Å². The first kappa shape index (κ1) is 8.74. The minimum Gasteiger partial charge on any atom is -0.465 e. The summed E-state index contributed by atoms with van der Waals surface area (Å²) in [5, 5.41) is 0. The lowest BCUT2D eigenvalue weighted by atomic mass is 10.3. The molecule has 2 rings (SSSR count).